The zero-order valence-electron chi connectivity index (χ0n) is 18.2. The Kier molecular flexibility index (Phi) is 6.99. The summed E-state index contributed by atoms with van der Waals surface area (Å²) < 4.78 is 2.75. The van der Waals surface area contributed by atoms with E-state index in [4.69, 9.17) is 0 Å². The van der Waals surface area contributed by atoms with Gasteiger partial charge in [0.2, 0.25) is 5.91 Å². The number of aryl methyl sites for hydroxylation is 2. The molecule has 0 aliphatic carbocycles. The lowest BCUT2D eigenvalue weighted by Gasteiger charge is -2.18. The summed E-state index contributed by atoms with van der Waals surface area (Å²) in [7, 11) is 0. The zero-order chi connectivity index (χ0) is 21.7. The number of nitrogens with zero attached hydrogens (tertiary/aromatic N) is 5. The van der Waals surface area contributed by atoms with E-state index in [9.17, 15) is 9.59 Å². The van der Waals surface area contributed by atoms with Crippen LogP contribution in [0.5, 0.6) is 0 Å². The molecule has 0 atom stereocenters. The number of likely N-dealkylation sites (N-methyl/N-ethyl adjacent to an activating group) is 1. The van der Waals surface area contributed by atoms with Crippen molar-refractivity contribution in [1.29, 1.82) is 0 Å². The van der Waals surface area contributed by atoms with Gasteiger partial charge in [-0.15, -0.1) is 0 Å². The Bertz CT molecular complexity index is 1060. The van der Waals surface area contributed by atoms with Gasteiger partial charge in [0.1, 0.15) is 17.9 Å². The molecule has 1 aromatic carbocycles. The van der Waals surface area contributed by atoms with Crippen molar-refractivity contribution >= 4 is 11.4 Å². The Labute approximate surface area is 176 Å². The number of hydrogen-bond donors (Lipinski definition) is 1. The highest BCUT2D eigenvalue weighted by Crippen LogP contribution is 2.19. The van der Waals surface area contributed by atoms with Crippen LogP contribution in [-0.2, 0) is 17.8 Å². The van der Waals surface area contributed by atoms with Gasteiger partial charge in [-0.3, -0.25) is 9.59 Å². The van der Waals surface area contributed by atoms with Gasteiger partial charge < -0.3 is 10.2 Å². The molecule has 0 radical (unpaired) electrons. The van der Waals surface area contributed by atoms with Crippen LogP contribution in [0.25, 0.3) is 16.8 Å². The average Bonchev–Trinajstić information content (AvgIpc) is 3.21. The largest absolute Gasteiger partial charge is 0.353 e. The van der Waals surface area contributed by atoms with Crippen LogP contribution in [0, 0.1) is 6.92 Å². The molecule has 0 aliphatic rings. The summed E-state index contributed by atoms with van der Waals surface area (Å²) in [5.41, 5.74) is 2.97. The first-order valence-corrected chi connectivity index (χ1v) is 10.5. The molecule has 0 unspecified atom stereocenters. The van der Waals surface area contributed by atoms with E-state index in [2.05, 4.69) is 53.3 Å². The predicted octanol–water partition coefficient (Wildman–Crippen LogP) is 1.89. The number of aromatic nitrogens is 4. The fraction of sp³-hybridized carbons (Fsp3) is 0.455. The molecular formula is C22H30N6O2. The number of rotatable bonds is 9. The lowest BCUT2D eigenvalue weighted by molar-refractivity contribution is -0.121. The molecule has 0 bridgehead atoms. The average molecular weight is 411 g/mol. The van der Waals surface area contributed by atoms with Crippen LogP contribution >= 0.6 is 0 Å². The minimum absolute atomic E-state index is 0.111. The van der Waals surface area contributed by atoms with E-state index >= 15 is 0 Å². The second-order valence-corrected chi connectivity index (χ2v) is 7.26. The second kappa shape index (κ2) is 9.67. The maximum absolute atomic E-state index is 12.9. The fourth-order valence-corrected chi connectivity index (χ4v) is 3.42. The molecule has 0 fully saturated rings. The van der Waals surface area contributed by atoms with Gasteiger partial charge >= 0.3 is 0 Å². The highest BCUT2D eigenvalue weighted by molar-refractivity contribution is 5.75. The summed E-state index contributed by atoms with van der Waals surface area (Å²) in [5.74, 6) is 0.326. The van der Waals surface area contributed by atoms with Crippen molar-refractivity contribution in [3.05, 3.63) is 52.1 Å². The number of nitrogens with one attached hydrogen (secondary N) is 1. The molecule has 2 heterocycles. The minimum atomic E-state index is -0.330. The highest BCUT2D eigenvalue weighted by atomic mass is 16.2. The number of amides is 1. The summed E-state index contributed by atoms with van der Waals surface area (Å²) in [6.07, 6.45) is 0.968. The van der Waals surface area contributed by atoms with Gasteiger partial charge in [0.15, 0.2) is 0 Å². The standard InChI is InChI=1S/C22H30N6O2/c1-5-17-8-10-18(11-9-17)19-14-20-22(30)27(24-16(4)28(20)25-19)15-21(29)23-12-13-26(6-2)7-3/h8-11,14H,5-7,12-13,15H2,1-4H3,(H,23,29). The normalized spacial score (nSPS) is 11.4. The predicted molar refractivity (Wildman–Crippen MR) is 118 cm³/mol. The number of carbonyl (C=O) groups is 1. The molecule has 1 amide bonds. The van der Waals surface area contributed by atoms with Crippen molar-refractivity contribution < 1.29 is 4.79 Å². The Balaban J connectivity index is 1.79. The molecular weight excluding hydrogens is 380 g/mol. The van der Waals surface area contributed by atoms with Crippen LogP contribution in [0.2, 0.25) is 0 Å². The molecule has 160 valence electrons. The summed E-state index contributed by atoms with van der Waals surface area (Å²) in [6.45, 7) is 11.1. The van der Waals surface area contributed by atoms with E-state index in [1.807, 2.05) is 12.1 Å². The molecule has 2 aromatic heterocycles. The van der Waals surface area contributed by atoms with Crippen molar-refractivity contribution in [1.82, 2.24) is 29.6 Å². The first kappa shape index (κ1) is 21.7. The van der Waals surface area contributed by atoms with Crippen molar-refractivity contribution in [2.75, 3.05) is 26.2 Å². The number of hydrogen-bond acceptors (Lipinski definition) is 5. The third kappa shape index (κ3) is 4.76. The van der Waals surface area contributed by atoms with Crippen LogP contribution < -0.4 is 10.9 Å². The highest BCUT2D eigenvalue weighted by Gasteiger charge is 2.15. The fourth-order valence-electron chi connectivity index (χ4n) is 3.42. The van der Waals surface area contributed by atoms with Crippen LogP contribution in [0.1, 0.15) is 32.2 Å². The smallest absolute Gasteiger partial charge is 0.293 e. The third-order valence-corrected chi connectivity index (χ3v) is 5.33. The lowest BCUT2D eigenvalue weighted by Crippen LogP contribution is -2.38. The van der Waals surface area contributed by atoms with E-state index in [0.717, 1.165) is 31.6 Å². The van der Waals surface area contributed by atoms with Gasteiger partial charge in [-0.1, -0.05) is 45.0 Å². The SMILES string of the molecule is CCc1ccc(-c2cc3c(=O)n(CC(=O)NCCN(CC)CC)nc(C)n3n2)cc1. The quantitative estimate of drug-likeness (QED) is 0.582. The topological polar surface area (TPSA) is 84.5 Å². The molecule has 3 aromatic rings. The maximum Gasteiger partial charge on any atom is 0.293 e. The molecule has 0 aliphatic heterocycles. The van der Waals surface area contributed by atoms with Crippen molar-refractivity contribution in [3.63, 3.8) is 0 Å². The number of fused-ring (bicyclic) bond motifs is 1. The minimum Gasteiger partial charge on any atom is -0.353 e. The van der Waals surface area contributed by atoms with E-state index in [1.165, 1.54) is 10.2 Å². The van der Waals surface area contributed by atoms with E-state index in [1.54, 1.807) is 17.5 Å². The van der Waals surface area contributed by atoms with Crippen LogP contribution in [-0.4, -0.2) is 56.4 Å². The summed E-state index contributed by atoms with van der Waals surface area (Å²) in [5, 5.41) is 11.7. The molecule has 0 saturated heterocycles. The second-order valence-electron chi connectivity index (χ2n) is 7.26. The van der Waals surface area contributed by atoms with Gasteiger partial charge in [0.05, 0.1) is 5.69 Å². The first-order chi connectivity index (χ1) is 14.5. The van der Waals surface area contributed by atoms with Crippen molar-refractivity contribution in [2.45, 2.75) is 40.7 Å². The zero-order valence-corrected chi connectivity index (χ0v) is 18.2. The Morgan fingerprint density at radius 1 is 1.10 bits per heavy atom. The monoisotopic (exact) mass is 410 g/mol. The van der Waals surface area contributed by atoms with E-state index in [-0.39, 0.29) is 18.0 Å². The lowest BCUT2D eigenvalue weighted by atomic mass is 10.1. The van der Waals surface area contributed by atoms with Crippen LogP contribution in [0.15, 0.2) is 35.1 Å². The molecule has 8 nitrogen and oxygen atoms in total. The molecule has 30 heavy (non-hydrogen) atoms. The van der Waals surface area contributed by atoms with Crippen molar-refractivity contribution in [2.24, 2.45) is 0 Å². The maximum atomic E-state index is 12.9. The molecule has 8 heteroatoms. The van der Waals surface area contributed by atoms with Gasteiger partial charge in [-0.25, -0.2) is 9.20 Å². The molecule has 0 spiro atoms. The summed E-state index contributed by atoms with van der Waals surface area (Å²) in [6, 6.07) is 9.89. The summed E-state index contributed by atoms with van der Waals surface area (Å²) >= 11 is 0. The van der Waals surface area contributed by atoms with Gasteiger partial charge in [-0.2, -0.15) is 10.2 Å². The molecule has 3 rings (SSSR count). The van der Waals surface area contributed by atoms with Gasteiger partial charge in [0.25, 0.3) is 5.56 Å². The van der Waals surface area contributed by atoms with Crippen LogP contribution in [0.3, 0.4) is 0 Å². The third-order valence-electron chi connectivity index (χ3n) is 5.33. The Morgan fingerprint density at radius 3 is 2.43 bits per heavy atom. The van der Waals surface area contributed by atoms with Gasteiger partial charge in [0, 0.05) is 18.7 Å². The molecule has 0 saturated carbocycles. The van der Waals surface area contributed by atoms with E-state index in [0.29, 0.717) is 23.6 Å². The number of benzene rings is 1. The summed E-state index contributed by atoms with van der Waals surface area (Å²) in [4.78, 5) is 27.4. The Hall–Kier alpha value is -3.00. The molecule has 1 N–H and O–H groups in total. The van der Waals surface area contributed by atoms with Crippen molar-refractivity contribution in [3.8, 4) is 11.3 Å². The van der Waals surface area contributed by atoms with Gasteiger partial charge in [-0.05, 0) is 38.1 Å². The van der Waals surface area contributed by atoms with Crippen LogP contribution in [0.4, 0.5) is 0 Å². The van der Waals surface area contributed by atoms with E-state index < -0.39 is 0 Å². The Morgan fingerprint density at radius 2 is 1.80 bits per heavy atom. The first-order valence-electron chi connectivity index (χ1n) is 10.5. The number of carbonyl (C=O) groups excluding carboxylic acids is 1.